The Labute approximate surface area is 233 Å². The van der Waals surface area contributed by atoms with Gasteiger partial charge in [0.25, 0.3) is 10.0 Å². The number of nitrogens with zero attached hydrogens (tertiary/aromatic N) is 1. The second-order valence-electron chi connectivity index (χ2n) is 8.41. The lowest BCUT2D eigenvalue weighted by Gasteiger charge is -2.45. The molecule has 31 heteroatoms. The highest BCUT2D eigenvalue weighted by atomic mass is 32.2. The number of rotatable bonds is 14. The van der Waals surface area contributed by atoms with Gasteiger partial charge in [-0.3, -0.25) is 4.79 Å². The zero-order chi connectivity index (χ0) is 38.4. The number of carboxylic acid groups (broad SMARTS) is 1. The fourth-order valence-corrected chi connectivity index (χ4v) is 3.70. The number of hydrogen-bond donors (Lipinski definition) is 1. The van der Waals surface area contributed by atoms with Gasteiger partial charge >= 0.3 is 76.6 Å². The summed E-state index contributed by atoms with van der Waals surface area (Å²) in [6, 6.07) is 0. The molecular formula is C15H6F25NO4S. The van der Waals surface area contributed by atoms with E-state index in [4.69, 9.17) is 5.11 Å². The molecule has 0 heterocycles. The molecule has 5 nitrogen and oxygen atoms in total. The van der Waals surface area contributed by atoms with Crippen molar-refractivity contribution < 1.29 is 128 Å². The Morgan fingerprint density at radius 1 is 0.457 bits per heavy atom. The molecule has 0 saturated carbocycles. The van der Waals surface area contributed by atoms with Crippen molar-refractivity contribution in [2.45, 2.75) is 70.7 Å². The van der Waals surface area contributed by atoms with Crippen molar-refractivity contribution in [1.82, 2.24) is 4.31 Å². The van der Waals surface area contributed by atoms with Gasteiger partial charge in [0.1, 0.15) is 6.54 Å². The van der Waals surface area contributed by atoms with E-state index in [0.717, 1.165) is 0 Å². The third-order valence-corrected chi connectivity index (χ3v) is 7.22. The number of hydrogen-bond acceptors (Lipinski definition) is 3. The summed E-state index contributed by atoms with van der Waals surface area (Å²) < 4.78 is 356. The van der Waals surface area contributed by atoms with E-state index in [1.165, 1.54) is 0 Å². The van der Waals surface area contributed by atoms with Crippen molar-refractivity contribution in [3.63, 3.8) is 0 Å². The Morgan fingerprint density at radius 3 is 0.848 bits per heavy atom. The first-order chi connectivity index (χ1) is 19.3. The molecule has 0 aromatic heterocycles. The van der Waals surface area contributed by atoms with E-state index in [0.29, 0.717) is 0 Å². The molecule has 0 saturated heterocycles. The van der Waals surface area contributed by atoms with E-state index in [9.17, 15) is 123 Å². The van der Waals surface area contributed by atoms with Gasteiger partial charge in [0, 0.05) is 7.05 Å². The molecule has 46 heavy (non-hydrogen) atoms. The lowest BCUT2D eigenvalue weighted by molar-refractivity contribution is -0.480. The second-order valence-corrected chi connectivity index (χ2v) is 10.5. The van der Waals surface area contributed by atoms with Crippen LogP contribution in [-0.2, 0) is 14.8 Å². The summed E-state index contributed by atoms with van der Waals surface area (Å²) in [6.45, 7) is -2.52. The van der Waals surface area contributed by atoms with E-state index >= 15 is 0 Å². The highest BCUT2D eigenvalue weighted by Gasteiger charge is 3.00. The number of aliphatic carboxylic acids is 1. The molecule has 0 fully saturated rings. The number of sulfonamides is 1. The minimum Gasteiger partial charge on any atom is -0.480 e. The molecule has 0 aromatic rings. The maximum absolute atomic E-state index is 13.9. The van der Waals surface area contributed by atoms with E-state index < -0.39 is 105 Å². The van der Waals surface area contributed by atoms with E-state index in [-0.39, 0.29) is 0 Å². The number of halogens is 25. The largest absolute Gasteiger partial charge is 0.480 e. The Kier molecular flexibility index (Phi) is 10.3. The van der Waals surface area contributed by atoms with Crippen LogP contribution in [0.1, 0.15) is 0 Å². The maximum atomic E-state index is 13.9. The average Bonchev–Trinajstić information content (AvgIpc) is 2.81. The molecule has 0 rings (SSSR count). The average molecular weight is 771 g/mol. The predicted molar refractivity (Wildman–Crippen MR) is 89.7 cm³/mol. The molecule has 0 aliphatic heterocycles. The van der Waals surface area contributed by atoms with Gasteiger partial charge in [-0.15, -0.1) is 0 Å². The summed E-state index contributed by atoms with van der Waals surface area (Å²) in [5.74, 6) is -97.0. The van der Waals surface area contributed by atoms with Gasteiger partial charge in [-0.25, -0.2) is 8.42 Å². The quantitative estimate of drug-likeness (QED) is 0.197. The minimum atomic E-state index is -9.80. The van der Waals surface area contributed by atoms with Gasteiger partial charge < -0.3 is 5.11 Å². The third-order valence-electron chi connectivity index (χ3n) is 5.36. The van der Waals surface area contributed by atoms with Gasteiger partial charge in [0.05, 0.1) is 0 Å². The molecule has 0 unspecified atom stereocenters. The summed E-state index contributed by atoms with van der Waals surface area (Å²) in [4.78, 5) is 10.3. The molecule has 0 bridgehead atoms. The van der Waals surface area contributed by atoms with Crippen LogP contribution in [0, 0.1) is 0 Å². The van der Waals surface area contributed by atoms with Crippen molar-refractivity contribution in [3.8, 4) is 0 Å². The molecule has 0 aliphatic carbocycles. The number of alkyl halides is 25. The first kappa shape index (κ1) is 43.6. The standard InChI is InChI=1S/C15H6F25NO4S/c1-41(2-3(42)43)46(44,45)15(39,40)13(34,35)11(30,31)9(26,27)7(22,23)5(18,19)4(16,17)6(20,21)8(24,25)10(28,29)12(32,33)14(36,37)38/h2H2,1H3,(H,42,43). The SMILES string of the molecule is CN(CC(=O)O)S(=O)(=O)C(F)(F)C(F)(F)C(F)(F)C(F)(F)C(F)(F)C(F)(F)C(F)(F)C(F)(F)C(F)(F)C(F)(F)C(F)(F)C(F)(F)F. The third kappa shape index (κ3) is 5.14. The van der Waals surface area contributed by atoms with Crippen LogP contribution in [-0.4, -0.2) is 108 Å². The van der Waals surface area contributed by atoms with E-state index in [2.05, 4.69) is 0 Å². The number of carbonyl (C=O) groups is 1. The Morgan fingerprint density at radius 2 is 0.652 bits per heavy atom. The van der Waals surface area contributed by atoms with Crippen LogP contribution in [0.2, 0.25) is 0 Å². The maximum Gasteiger partial charge on any atom is 0.460 e. The fraction of sp³-hybridized carbons (Fsp3) is 0.933. The van der Waals surface area contributed by atoms with Crippen LogP contribution in [0.4, 0.5) is 110 Å². The highest BCUT2D eigenvalue weighted by molar-refractivity contribution is 7.90. The Balaban J connectivity index is 7.50. The molecule has 1 N–H and O–H groups in total. The normalized spacial score (nSPS) is 16.7. The van der Waals surface area contributed by atoms with Crippen molar-refractivity contribution in [2.75, 3.05) is 13.6 Å². The van der Waals surface area contributed by atoms with Crippen LogP contribution in [0.15, 0.2) is 0 Å². The molecule has 276 valence electrons. The van der Waals surface area contributed by atoms with Gasteiger partial charge in [-0.05, 0) is 0 Å². The lowest BCUT2D eigenvalue weighted by Crippen LogP contribution is -2.78. The second kappa shape index (κ2) is 10.8. The van der Waals surface area contributed by atoms with Crippen molar-refractivity contribution >= 4 is 16.0 Å². The van der Waals surface area contributed by atoms with Gasteiger partial charge in [0.2, 0.25) is 0 Å². The van der Waals surface area contributed by atoms with Crippen molar-refractivity contribution in [3.05, 3.63) is 0 Å². The van der Waals surface area contributed by atoms with Gasteiger partial charge in [-0.1, -0.05) is 0 Å². The molecule has 0 aliphatic rings. The predicted octanol–water partition coefficient (Wildman–Crippen LogP) is 6.84. The zero-order valence-electron chi connectivity index (χ0n) is 20.2. The topological polar surface area (TPSA) is 74.7 Å². The Hall–Kier alpha value is -2.37. The van der Waals surface area contributed by atoms with Crippen molar-refractivity contribution in [1.29, 1.82) is 0 Å². The van der Waals surface area contributed by atoms with Crippen LogP contribution < -0.4 is 0 Å². The summed E-state index contributed by atoms with van der Waals surface area (Å²) >= 11 is 0. The molecular weight excluding hydrogens is 765 g/mol. The zero-order valence-corrected chi connectivity index (χ0v) is 21.0. The molecule has 0 spiro atoms. The van der Waals surface area contributed by atoms with E-state index in [1.54, 1.807) is 0 Å². The van der Waals surface area contributed by atoms with Gasteiger partial charge in [0.15, 0.2) is 0 Å². The first-order valence-electron chi connectivity index (χ1n) is 9.74. The summed E-state index contributed by atoms with van der Waals surface area (Å²) in [6.07, 6.45) is -8.25. The molecule has 0 amide bonds. The van der Waals surface area contributed by atoms with Crippen LogP contribution in [0.3, 0.4) is 0 Å². The lowest BCUT2D eigenvalue weighted by atomic mass is 9.85. The summed E-state index contributed by atoms with van der Waals surface area (Å²) in [7, 11) is -8.50. The van der Waals surface area contributed by atoms with Crippen LogP contribution in [0.25, 0.3) is 0 Å². The molecule has 0 aromatic carbocycles. The highest BCUT2D eigenvalue weighted by Crippen LogP contribution is 2.68. The van der Waals surface area contributed by atoms with Crippen LogP contribution in [0.5, 0.6) is 0 Å². The molecule has 0 radical (unpaired) electrons. The summed E-state index contributed by atoms with van der Waals surface area (Å²) in [5.41, 5.74) is 0. The molecule has 0 atom stereocenters. The Bertz CT molecular complexity index is 1270. The van der Waals surface area contributed by atoms with Crippen LogP contribution >= 0.6 is 0 Å². The summed E-state index contributed by atoms with van der Waals surface area (Å²) in [5, 5.41) is 0.0701. The smallest absolute Gasteiger partial charge is 0.460 e. The minimum absolute atomic E-state index is 0.576. The van der Waals surface area contributed by atoms with E-state index in [1.807, 2.05) is 0 Å². The first-order valence-corrected chi connectivity index (χ1v) is 11.2. The number of carboxylic acids is 1. The van der Waals surface area contributed by atoms with Crippen molar-refractivity contribution in [2.24, 2.45) is 0 Å². The fourth-order valence-electron chi connectivity index (χ4n) is 2.57. The van der Waals surface area contributed by atoms with Gasteiger partial charge in [-0.2, -0.15) is 114 Å². The number of likely N-dealkylation sites (N-methyl/N-ethyl adjacent to an activating group) is 1. The monoisotopic (exact) mass is 771 g/mol.